The highest BCUT2D eigenvalue weighted by Crippen LogP contribution is 2.42. The number of hydrogen-bond donors (Lipinski definition) is 0. The number of fused-ring (bicyclic) bond motifs is 2. The van der Waals surface area contributed by atoms with Crippen molar-refractivity contribution in [2.75, 3.05) is 0 Å². The van der Waals surface area contributed by atoms with Gasteiger partial charge in [0.1, 0.15) is 11.9 Å². The average molecular weight is 498 g/mol. The van der Waals surface area contributed by atoms with Crippen molar-refractivity contribution in [1.29, 1.82) is 5.26 Å². The molecule has 1 aromatic carbocycles. The fourth-order valence-corrected chi connectivity index (χ4v) is 5.73. The summed E-state index contributed by atoms with van der Waals surface area (Å²) in [5.74, 6) is 0.759. The van der Waals surface area contributed by atoms with E-state index in [1.807, 2.05) is 33.9 Å². The zero-order valence-corrected chi connectivity index (χ0v) is 22.6. The van der Waals surface area contributed by atoms with E-state index in [2.05, 4.69) is 54.3 Å². The van der Waals surface area contributed by atoms with Crippen molar-refractivity contribution in [2.45, 2.75) is 84.7 Å². The van der Waals surface area contributed by atoms with Gasteiger partial charge in [-0.2, -0.15) is 10.4 Å². The van der Waals surface area contributed by atoms with Crippen LogP contribution in [0.2, 0.25) is 0 Å². The Kier molecular flexibility index (Phi) is 6.31. The average Bonchev–Trinajstić information content (AvgIpc) is 3.45. The number of benzene rings is 1. The summed E-state index contributed by atoms with van der Waals surface area (Å²) in [5.41, 5.74) is 6.13. The molecule has 1 fully saturated rings. The van der Waals surface area contributed by atoms with Crippen molar-refractivity contribution in [3.63, 3.8) is 0 Å². The van der Waals surface area contributed by atoms with Gasteiger partial charge in [0, 0.05) is 23.1 Å². The first kappa shape index (κ1) is 25.0. The van der Waals surface area contributed by atoms with Crippen LogP contribution in [0.4, 0.5) is 4.79 Å². The fourth-order valence-electron chi connectivity index (χ4n) is 5.73. The molecule has 0 spiro atoms. The van der Waals surface area contributed by atoms with Gasteiger partial charge in [-0.25, -0.2) is 18.9 Å². The van der Waals surface area contributed by atoms with Gasteiger partial charge in [0.2, 0.25) is 0 Å². The summed E-state index contributed by atoms with van der Waals surface area (Å²) < 4.78 is 9.43. The third-order valence-electron chi connectivity index (χ3n) is 7.40. The molecule has 1 saturated carbocycles. The highest BCUT2D eigenvalue weighted by atomic mass is 16.6. The van der Waals surface area contributed by atoms with Gasteiger partial charge in [0.05, 0.1) is 17.3 Å². The number of pyridine rings is 1. The van der Waals surface area contributed by atoms with Gasteiger partial charge in [-0.1, -0.05) is 19.9 Å². The summed E-state index contributed by atoms with van der Waals surface area (Å²) in [6.45, 7) is 12.0. The predicted molar refractivity (Wildman–Crippen MR) is 145 cm³/mol. The lowest BCUT2D eigenvalue weighted by atomic mass is 9.79. The van der Waals surface area contributed by atoms with Gasteiger partial charge < -0.3 is 4.74 Å². The first-order valence-electron chi connectivity index (χ1n) is 13.2. The van der Waals surface area contributed by atoms with Crippen molar-refractivity contribution in [1.82, 2.24) is 19.2 Å². The maximum atomic E-state index is 13.7. The van der Waals surface area contributed by atoms with E-state index in [-0.39, 0.29) is 11.8 Å². The fraction of sp³-hybridized carbons (Fsp3) is 0.467. The van der Waals surface area contributed by atoms with Crippen molar-refractivity contribution in [2.24, 2.45) is 5.92 Å². The zero-order valence-electron chi connectivity index (χ0n) is 22.6. The second-order valence-corrected chi connectivity index (χ2v) is 11.6. The number of nitriles is 1. The second kappa shape index (κ2) is 9.33. The number of carbonyl (C=O) groups is 1. The van der Waals surface area contributed by atoms with E-state index in [0.717, 1.165) is 64.6 Å². The smallest absolute Gasteiger partial charge is 0.419 e. The van der Waals surface area contributed by atoms with Crippen LogP contribution in [0.5, 0.6) is 0 Å². The molecule has 7 heteroatoms. The van der Waals surface area contributed by atoms with E-state index in [1.54, 1.807) is 15.4 Å². The molecule has 4 aromatic rings. The van der Waals surface area contributed by atoms with E-state index in [1.165, 1.54) is 5.56 Å². The summed E-state index contributed by atoms with van der Waals surface area (Å²) in [4.78, 5) is 18.1. The molecular weight excluding hydrogens is 462 g/mol. The van der Waals surface area contributed by atoms with Gasteiger partial charge >= 0.3 is 6.09 Å². The first-order chi connectivity index (χ1) is 17.6. The van der Waals surface area contributed by atoms with Crippen molar-refractivity contribution in [3.05, 3.63) is 53.5 Å². The minimum absolute atomic E-state index is 0.164. The van der Waals surface area contributed by atoms with E-state index in [0.29, 0.717) is 5.92 Å². The van der Waals surface area contributed by atoms with Crippen LogP contribution >= 0.6 is 0 Å². The molecule has 0 aliphatic heterocycles. The molecule has 37 heavy (non-hydrogen) atoms. The zero-order chi connectivity index (χ0) is 26.5. The molecule has 5 rings (SSSR count). The SMILES string of the molecule is Cc1cc(-c2c(C(C)C)c3cc(C4CCC(C#N)CC4)ccc3n2C(=O)OC(C)(C)C)cn2ncnc12. The molecule has 0 radical (unpaired) electrons. The van der Waals surface area contributed by atoms with E-state index >= 15 is 0 Å². The topological polar surface area (TPSA) is 85.2 Å². The molecule has 0 N–H and O–H groups in total. The molecule has 0 saturated heterocycles. The summed E-state index contributed by atoms with van der Waals surface area (Å²) >= 11 is 0. The van der Waals surface area contributed by atoms with Crippen LogP contribution in [-0.4, -0.2) is 30.9 Å². The molecule has 0 amide bonds. The Hall–Kier alpha value is -3.66. The number of nitrogens with zero attached hydrogens (tertiary/aromatic N) is 5. The number of ether oxygens (including phenoxy) is 1. The molecular formula is C30H35N5O2. The van der Waals surface area contributed by atoms with E-state index in [4.69, 9.17) is 4.74 Å². The Morgan fingerprint density at radius 3 is 2.54 bits per heavy atom. The number of carbonyl (C=O) groups excluding carboxylic acids is 1. The predicted octanol–water partition coefficient (Wildman–Crippen LogP) is 7.36. The van der Waals surface area contributed by atoms with Crippen molar-refractivity contribution >= 4 is 22.6 Å². The largest absolute Gasteiger partial charge is 0.443 e. The van der Waals surface area contributed by atoms with E-state index in [9.17, 15) is 10.1 Å². The summed E-state index contributed by atoms with van der Waals surface area (Å²) in [7, 11) is 0. The normalized spacial score (nSPS) is 18.4. The summed E-state index contributed by atoms with van der Waals surface area (Å²) in [5, 5.41) is 14.8. The first-order valence-corrected chi connectivity index (χ1v) is 13.2. The summed E-state index contributed by atoms with van der Waals surface area (Å²) in [6.07, 6.45) is 7.02. The third kappa shape index (κ3) is 4.61. The van der Waals surface area contributed by atoms with E-state index < -0.39 is 11.7 Å². The Morgan fingerprint density at radius 2 is 1.89 bits per heavy atom. The molecule has 7 nitrogen and oxygen atoms in total. The number of rotatable bonds is 3. The van der Waals surface area contributed by atoms with Crippen LogP contribution in [-0.2, 0) is 4.74 Å². The molecule has 1 aliphatic carbocycles. The van der Waals surface area contributed by atoms with Crippen LogP contribution in [0, 0.1) is 24.2 Å². The Balaban J connectivity index is 1.75. The number of aryl methyl sites for hydroxylation is 1. The molecule has 1 aliphatic rings. The lowest BCUT2D eigenvalue weighted by Gasteiger charge is -2.25. The Labute approximate surface area is 218 Å². The molecule has 3 aromatic heterocycles. The van der Waals surface area contributed by atoms with Crippen molar-refractivity contribution < 1.29 is 9.53 Å². The lowest BCUT2D eigenvalue weighted by Crippen LogP contribution is -2.27. The minimum atomic E-state index is -0.631. The molecule has 0 bridgehead atoms. The molecule has 192 valence electrons. The van der Waals surface area contributed by atoms with Crippen LogP contribution < -0.4 is 0 Å². The Morgan fingerprint density at radius 1 is 1.16 bits per heavy atom. The van der Waals surface area contributed by atoms with Crippen LogP contribution in [0.25, 0.3) is 27.8 Å². The second-order valence-electron chi connectivity index (χ2n) is 11.6. The molecule has 0 unspecified atom stereocenters. The third-order valence-corrected chi connectivity index (χ3v) is 7.40. The van der Waals surface area contributed by atoms with Gasteiger partial charge in [-0.3, -0.25) is 0 Å². The highest BCUT2D eigenvalue weighted by Gasteiger charge is 2.29. The standard InChI is InChI=1S/C30H35N5O2/c1-18(2)26-24-14-22(21-9-7-20(15-31)8-10-21)11-12-25(24)35(29(36)37-30(4,5)6)27(26)23-13-19(3)28-32-17-33-34(28)16-23/h11-14,16-18,20-21H,7-10H2,1-6H3. The number of aromatic nitrogens is 4. The van der Waals surface area contributed by atoms with Gasteiger partial charge in [0.15, 0.2) is 5.65 Å². The number of hydrogen-bond acceptors (Lipinski definition) is 5. The van der Waals surface area contributed by atoms with Gasteiger partial charge in [-0.15, -0.1) is 0 Å². The Bertz CT molecular complexity index is 1520. The maximum absolute atomic E-state index is 13.7. The van der Waals surface area contributed by atoms with Gasteiger partial charge in [0.25, 0.3) is 0 Å². The van der Waals surface area contributed by atoms with Crippen molar-refractivity contribution in [3.8, 4) is 17.3 Å². The maximum Gasteiger partial charge on any atom is 0.419 e. The van der Waals surface area contributed by atoms with Gasteiger partial charge in [-0.05, 0) is 100 Å². The monoisotopic (exact) mass is 497 g/mol. The highest BCUT2D eigenvalue weighted by molar-refractivity contribution is 6.00. The summed E-state index contributed by atoms with van der Waals surface area (Å²) in [6, 6.07) is 11.0. The van der Waals surface area contributed by atoms with Crippen LogP contribution in [0.1, 0.15) is 88.8 Å². The molecule has 0 atom stereocenters. The quantitative estimate of drug-likeness (QED) is 0.295. The minimum Gasteiger partial charge on any atom is -0.443 e. The lowest BCUT2D eigenvalue weighted by molar-refractivity contribution is 0.0547. The van der Waals surface area contributed by atoms with Crippen LogP contribution in [0.15, 0.2) is 36.8 Å². The van der Waals surface area contributed by atoms with Crippen LogP contribution in [0.3, 0.4) is 0 Å². The molecule has 3 heterocycles.